The predicted molar refractivity (Wildman–Crippen MR) is 80.5 cm³/mol. The number of aromatic nitrogens is 1. The maximum atomic E-state index is 10.8. The number of nitrogens with zero attached hydrogens (tertiary/aromatic N) is 1. The number of ether oxygens (including phenoxy) is 1. The zero-order valence-corrected chi connectivity index (χ0v) is 12.9. The summed E-state index contributed by atoms with van der Waals surface area (Å²) in [7, 11) is 0. The summed E-state index contributed by atoms with van der Waals surface area (Å²) >= 11 is 3.23. The Hall–Kier alpha value is -2.21. The van der Waals surface area contributed by atoms with E-state index in [9.17, 15) is 9.59 Å². The van der Waals surface area contributed by atoms with Crippen LogP contribution in [-0.4, -0.2) is 22.0 Å². The standard InChI is InChI=1S/C10H9BrO4.C5H5N/c1-6(12)15-9(10(13)14)7-2-4-8(11)5-3-7;1-2-4-6-5-3-1/h2-5,9H,1H3,(H,13,14);1-5H. The number of carboxylic acids is 1. The molecule has 0 radical (unpaired) electrons. The molecule has 0 aliphatic heterocycles. The minimum absolute atomic E-state index is 0.431. The first-order valence-electron chi connectivity index (χ1n) is 6.01. The highest BCUT2D eigenvalue weighted by molar-refractivity contribution is 9.10. The predicted octanol–water partition coefficient (Wildman–Crippen LogP) is 3.22. The van der Waals surface area contributed by atoms with E-state index in [1.807, 2.05) is 18.2 Å². The molecule has 1 aromatic carbocycles. The molecule has 1 aromatic heterocycles. The van der Waals surface area contributed by atoms with E-state index in [0.29, 0.717) is 5.56 Å². The zero-order chi connectivity index (χ0) is 15.7. The highest BCUT2D eigenvalue weighted by Crippen LogP contribution is 2.20. The largest absolute Gasteiger partial charge is 0.478 e. The fourth-order valence-corrected chi connectivity index (χ4v) is 1.64. The van der Waals surface area contributed by atoms with Crippen LogP contribution in [0.15, 0.2) is 59.3 Å². The smallest absolute Gasteiger partial charge is 0.349 e. The van der Waals surface area contributed by atoms with E-state index in [4.69, 9.17) is 5.11 Å². The fourth-order valence-electron chi connectivity index (χ4n) is 1.38. The van der Waals surface area contributed by atoms with Crippen LogP contribution in [0.4, 0.5) is 0 Å². The van der Waals surface area contributed by atoms with Crippen molar-refractivity contribution < 1.29 is 19.4 Å². The molecule has 110 valence electrons. The topological polar surface area (TPSA) is 76.5 Å². The summed E-state index contributed by atoms with van der Waals surface area (Å²) in [5, 5.41) is 8.86. The van der Waals surface area contributed by atoms with E-state index in [0.717, 1.165) is 4.47 Å². The summed E-state index contributed by atoms with van der Waals surface area (Å²) in [5.74, 6) is -1.81. The number of carbonyl (C=O) groups is 2. The molecule has 21 heavy (non-hydrogen) atoms. The van der Waals surface area contributed by atoms with E-state index in [1.165, 1.54) is 6.92 Å². The van der Waals surface area contributed by atoms with Crippen LogP contribution < -0.4 is 0 Å². The van der Waals surface area contributed by atoms with Crippen molar-refractivity contribution >= 4 is 27.9 Å². The number of esters is 1. The van der Waals surface area contributed by atoms with Crippen LogP contribution in [0.2, 0.25) is 0 Å². The average molecular weight is 352 g/mol. The maximum Gasteiger partial charge on any atom is 0.349 e. The van der Waals surface area contributed by atoms with Crippen LogP contribution in [0, 0.1) is 0 Å². The van der Waals surface area contributed by atoms with E-state index in [1.54, 1.807) is 36.7 Å². The minimum Gasteiger partial charge on any atom is -0.478 e. The molecule has 0 amide bonds. The van der Waals surface area contributed by atoms with Crippen molar-refractivity contribution in [1.29, 1.82) is 0 Å². The molecule has 1 heterocycles. The Morgan fingerprint density at radius 2 is 1.71 bits per heavy atom. The molecule has 1 N–H and O–H groups in total. The Kier molecular flexibility index (Phi) is 7.11. The molecule has 2 aromatic rings. The first kappa shape index (κ1) is 16.8. The number of pyridine rings is 1. The number of aliphatic carboxylic acids is 1. The molecule has 0 fully saturated rings. The molecular weight excluding hydrogens is 338 g/mol. The second kappa shape index (κ2) is 8.86. The van der Waals surface area contributed by atoms with Gasteiger partial charge in [0.2, 0.25) is 6.10 Å². The van der Waals surface area contributed by atoms with Crippen molar-refractivity contribution in [3.63, 3.8) is 0 Å². The Balaban J connectivity index is 0.000000304. The molecule has 1 unspecified atom stereocenters. The lowest BCUT2D eigenvalue weighted by atomic mass is 10.1. The van der Waals surface area contributed by atoms with Crippen LogP contribution in [0.3, 0.4) is 0 Å². The van der Waals surface area contributed by atoms with Crippen LogP contribution in [0.25, 0.3) is 0 Å². The van der Waals surface area contributed by atoms with Crippen LogP contribution >= 0.6 is 15.9 Å². The maximum absolute atomic E-state index is 10.8. The van der Waals surface area contributed by atoms with Gasteiger partial charge in [-0.2, -0.15) is 0 Å². The normalized spacial score (nSPS) is 10.8. The molecule has 0 spiro atoms. The lowest BCUT2D eigenvalue weighted by molar-refractivity contribution is -0.163. The van der Waals surface area contributed by atoms with E-state index in [-0.39, 0.29) is 0 Å². The molecule has 0 aliphatic carbocycles. The lowest BCUT2D eigenvalue weighted by Gasteiger charge is -2.12. The SMILES string of the molecule is CC(=O)OC(C(=O)O)c1ccc(Br)cc1.c1ccncc1. The van der Waals surface area contributed by atoms with Gasteiger partial charge in [-0.3, -0.25) is 9.78 Å². The first-order valence-corrected chi connectivity index (χ1v) is 6.80. The molecule has 2 rings (SSSR count). The van der Waals surface area contributed by atoms with Crippen molar-refractivity contribution in [1.82, 2.24) is 4.98 Å². The number of carbonyl (C=O) groups excluding carboxylic acids is 1. The van der Waals surface area contributed by atoms with Crippen LogP contribution in [0.1, 0.15) is 18.6 Å². The highest BCUT2D eigenvalue weighted by atomic mass is 79.9. The molecule has 0 saturated heterocycles. The second-order valence-electron chi connectivity index (χ2n) is 3.90. The third-order valence-electron chi connectivity index (χ3n) is 2.25. The molecule has 0 bridgehead atoms. The van der Waals surface area contributed by atoms with Crippen molar-refractivity contribution in [2.75, 3.05) is 0 Å². The van der Waals surface area contributed by atoms with Crippen molar-refractivity contribution in [2.45, 2.75) is 13.0 Å². The number of hydrogen-bond donors (Lipinski definition) is 1. The Labute approximate surface area is 130 Å². The van der Waals surface area contributed by atoms with Crippen molar-refractivity contribution in [3.05, 3.63) is 64.9 Å². The third-order valence-corrected chi connectivity index (χ3v) is 2.78. The quantitative estimate of drug-likeness (QED) is 0.859. The zero-order valence-electron chi connectivity index (χ0n) is 11.3. The van der Waals surface area contributed by atoms with Gasteiger partial charge in [-0.25, -0.2) is 4.79 Å². The lowest BCUT2D eigenvalue weighted by Crippen LogP contribution is -2.17. The Bertz CT molecular complexity index is 545. The van der Waals surface area contributed by atoms with Crippen LogP contribution in [-0.2, 0) is 14.3 Å². The number of halogens is 1. The van der Waals surface area contributed by atoms with E-state index < -0.39 is 18.0 Å². The Morgan fingerprint density at radius 3 is 2.05 bits per heavy atom. The van der Waals surface area contributed by atoms with Gasteiger partial charge in [0, 0.05) is 29.4 Å². The van der Waals surface area contributed by atoms with Gasteiger partial charge >= 0.3 is 11.9 Å². The van der Waals surface area contributed by atoms with Gasteiger partial charge in [0.25, 0.3) is 0 Å². The van der Waals surface area contributed by atoms with Crippen molar-refractivity contribution in [3.8, 4) is 0 Å². The number of carboxylic acid groups (broad SMARTS) is 1. The van der Waals surface area contributed by atoms with E-state index >= 15 is 0 Å². The summed E-state index contributed by atoms with van der Waals surface area (Å²) in [6.45, 7) is 1.18. The van der Waals surface area contributed by atoms with Gasteiger partial charge < -0.3 is 9.84 Å². The molecule has 1 atom stereocenters. The van der Waals surface area contributed by atoms with Crippen LogP contribution in [0.5, 0.6) is 0 Å². The molecular formula is C15H14BrNO4. The monoisotopic (exact) mass is 351 g/mol. The summed E-state index contributed by atoms with van der Waals surface area (Å²) in [6, 6.07) is 12.3. The summed E-state index contributed by atoms with van der Waals surface area (Å²) < 4.78 is 5.52. The Morgan fingerprint density at radius 1 is 1.14 bits per heavy atom. The number of hydrogen-bond acceptors (Lipinski definition) is 4. The summed E-state index contributed by atoms with van der Waals surface area (Å²) in [4.78, 5) is 25.3. The molecule has 0 saturated carbocycles. The molecule has 0 aliphatic rings. The van der Waals surface area contributed by atoms with Gasteiger partial charge in [0.1, 0.15) is 0 Å². The number of benzene rings is 1. The minimum atomic E-state index is -1.24. The average Bonchev–Trinajstić information content (AvgIpc) is 2.48. The molecule has 6 heteroatoms. The number of rotatable bonds is 3. The molecule has 5 nitrogen and oxygen atoms in total. The van der Waals surface area contributed by atoms with Gasteiger partial charge in [-0.1, -0.05) is 34.1 Å². The van der Waals surface area contributed by atoms with Gasteiger partial charge in [0.15, 0.2) is 0 Å². The fraction of sp³-hybridized carbons (Fsp3) is 0.133. The third kappa shape index (κ3) is 6.67. The highest BCUT2D eigenvalue weighted by Gasteiger charge is 2.22. The van der Waals surface area contributed by atoms with Crippen molar-refractivity contribution in [2.24, 2.45) is 0 Å². The van der Waals surface area contributed by atoms with Gasteiger partial charge in [-0.15, -0.1) is 0 Å². The second-order valence-corrected chi connectivity index (χ2v) is 4.82. The summed E-state index contributed by atoms with van der Waals surface area (Å²) in [6.07, 6.45) is 2.26. The summed E-state index contributed by atoms with van der Waals surface area (Å²) in [5.41, 5.74) is 0.431. The first-order chi connectivity index (χ1) is 10.0. The van der Waals surface area contributed by atoms with E-state index in [2.05, 4.69) is 25.7 Å². The van der Waals surface area contributed by atoms with Gasteiger partial charge in [-0.05, 0) is 24.3 Å². The van der Waals surface area contributed by atoms with Gasteiger partial charge in [0.05, 0.1) is 0 Å².